The molecule has 0 saturated heterocycles. The van der Waals surface area contributed by atoms with Crippen LogP contribution in [0.15, 0.2) is 6.07 Å². The Morgan fingerprint density at radius 2 is 2.00 bits per heavy atom. The summed E-state index contributed by atoms with van der Waals surface area (Å²) in [5.41, 5.74) is -0.899. The number of carbonyl (C=O) groups excluding carboxylic acids is 1. The second kappa shape index (κ2) is 6.71. The van der Waals surface area contributed by atoms with Crippen molar-refractivity contribution in [1.82, 2.24) is 15.1 Å². The Hall–Kier alpha value is -1.89. The summed E-state index contributed by atoms with van der Waals surface area (Å²) in [7, 11) is 0. The quantitative estimate of drug-likeness (QED) is 0.699. The number of amides is 1. The van der Waals surface area contributed by atoms with Gasteiger partial charge in [-0.25, -0.2) is 4.79 Å². The second-order valence-electron chi connectivity index (χ2n) is 5.35. The van der Waals surface area contributed by atoms with Crippen LogP contribution in [0.5, 0.6) is 0 Å². The summed E-state index contributed by atoms with van der Waals surface area (Å²) in [6.07, 6.45) is 1.68. The lowest BCUT2D eigenvalue weighted by atomic mass is 10.1. The fourth-order valence-electron chi connectivity index (χ4n) is 2.02. The zero-order valence-corrected chi connectivity index (χ0v) is 12.9. The van der Waals surface area contributed by atoms with Gasteiger partial charge >= 0.3 is 5.97 Å². The molecular weight excluding hydrogens is 274 g/mol. The number of carbonyl (C=O) groups is 2. The van der Waals surface area contributed by atoms with Crippen LogP contribution in [0, 0.1) is 6.92 Å². The highest BCUT2D eigenvalue weighted by Crippen LogP contribution is 2.18. The van der Waals surface area contributed by atoms with Crippen LogP contribution in [0.1, 0.15) is 55.8 Å². The molecule has 7 heteroatoms. The highest BCUT2D eigenvalue weighted by molar-refractivity contribution is 5.93. The Morgan fingerprint density at radius 3 is 2.48 bits per heavy atom. The van der Waals surface area contributed by atoms with Crippen molar-refractivity contribution in [2.24, 2.45) is 0 Å². The summed E-state index contributed by atoms with van der Waals surface area (Å²) in [6, 6.07) is 1.77. The SMILES string of the molecule is CCC(CC)n1nc(C)cc1C(=O)NCC(C)(O)C(=O)O. The average molecular weight is 297 g/mol. The Bertz CT molecular complexity index is 518. The molecule has 0 saturated carbocycles. The lowest BCUT2D eigenvalue weighted by Gasteiger charge is -2.20. The minimum Gasteiger partial charge on any atom is -0.479 e. The molecule has 1 aromatic rings. The van der Waals surface area contributed by atoms with Gasteiger partial charge in [0.15, 0.2) is 5.60 Å². The second-order valence-corrected chi connectivity index (χ2v) is 5.35. The molecule has 1 rings (SSSR count). The van der Waals surface area contributed by atoms with Gasteiger partial charge in [-0.15, -0.1) is 0 Å². The Labute approximate surface area is 124 Å². The predicted octanol–water partition coefficient (Wildman–Crippen LogP) is 1.12. The van der Waals surface area contributed by atoms with Gasteiger partial charge in [-0.05, 0) is 32.8 Å². The lowest BCUT2D eigenvalue weighted by molar-refractivity contribution is -0.155. The van der Waals surface area contributed by atoms with Crippen molar-refractivity contribution in [2.45, 2.75) is 52.2 Å². The first-order chi connectivity index (χ1) is 9.72. The third-order valence-electron chi connectivity index (χ3n) is 3.43. The summed E-state index contributed by atoms with van der Waals surface area (Å²) in [6.45, 7) is 6.60. The number of hydrogen-bond donors (Lipinski definition) is 3. The number of hydrogen-bond acceptors (Lipinski definition) is 4. The fraction of sp³-hybridized carbons (Fsp3) is 0.643. The summed E-state index contributed by atoms with van der Waals surface area (Å²) in [5.74, 6) is -1.82. The molecule has 118 valence electrons. The first kappa shape index (κ1) is 17.2. The van der Waals surface area contributed by atoms with E-state index in [1.165, 1.54) is 0 Å². The first-order valence-electron chi connectivity index (χ1n) is 7.03. The number of aliphatic carboxylic acids is 1. The number of nitrogens with zero attached hydrogens (tertiary/aromatic N) is 2. The van der Waals surface area contributed by atoms with Crippen molar-refractivity contribution in [3.8, 4) is 0 Å². The Balaban J connectivity index is 2.91. The number of aromatic nitrogens is 2. The standard InChI is InChI=1S/C14H23N3O4/c1-5-10(6-2)17-11(7-9(3)16-17)12(18)15-8-14(4,21)13(19)20/h7,10,21H,5-6,8H2,1-4H3,(H,15,18)(H,19,20). The van der Waals surface area contributed by atoms with E-state index >= 15 is 0 Å². The molecule has 0 aliphatic rings. The number of aliphatic hydroxyl groups is 1. The van der Waals surface area contributed by atoms with Gasteiger partial charge in [-0.2, -0.15) is 5.10 Å². The smallest absolute Gasteiger partial charge is 0.337 e. The molecule has 1 unspecified atom stereocenters. The van der Waals surface area contributed by atoms with E-state index < -0.39 is 17.5 Å². The van der Waals surface area contributed by atoms with Crippen LogP contribution >= 0.6 is 0 Å². The minimum absolute atomic E-state index is 0.111. The number of carboxylic acid groups (broad SMARTS) is 1. The average Bonchev–Trinajstić information content (AvgIpc) is 2.79. The Morgan fingerprint density at radius 1 is 1.43 bits per heavy atom. The number of rotatable bonds is 7. The van der Waals surface area contributed by atoms with E-state index in [4.69, 9.17) is 5.11 Å². The molecule has 0 aliphatic heterocycles. The zero-order chi connectivity index (χ0) is 16.2. The minimum atomic E-state index is -2.00. The van der Waals surface area contributed by atoms with Crippen molar-refractivity contribution in [1.29, 1.82) is 0 Å². The molecule has 0 bridgehead atoms. The molecule has 21 heavy (non-hydrogen) atoms. The maximum absolute atomic E-state index is 12.2. The van der Waals surface area contributed by atoms with Crippen molar-refractivity contribution < 1.29 is 19.8 Å². The summed E-state index contributed by atoms with van der Waals surface area (Å²) in [4.78, 5) is 23.0. The number of nitrogens with one attached hydrogen (secondary N) is 1. The molecule has 0 spiro atoms. The van der Waals surface area contributed by atoms with Gasteiger partial charge in [-0.3, -0.25) is 9.48 Å². The molecule has 0 aliphatic carbocycles. The highest BCUT2D eigenvalue weighted by atomic mass is 16.4. The van der Waals surface area contributed by atoms with Crippen molar-refractivity contribution >= 4 is 11.9 Å². The zero-order valence-electron chi connectivity index (χ0n) is 12.9. The van der Waals surface area contributed by atoms with E-state index in [9.17, 15) is 14.7 Å². The summed E-state index contributed by atoms with van der Waals surface area (Å²) >= 11 is 0. The molecule has 7 nitrogen and oxygen atoms in total. The van der Waals surface area contributed by atoms with Gasteiger partial charge < -0.3 is 15.5 Å². The molecular formula is C14H23N3O4. The molecule has 0 fully saturated rings. The molecule has 1 amide bonds. The first-order valence-corrected chi connectivity index (χ1v) is 7.03. The molecule has 0 radical (unpaired) electrons. The molecule has 1 atom stereocenters. The summed E-state index contributed by atoms with van der Waals surface area (Å²) in [5, 5.41) is 25.2. The fourth-order valence-corrected chi connectivity index (χ4v) is 2.02. The van der Waals surface area contributed by atoms with Gasteiger partial charge in [0.2, 0.25) is 0 Å². The van der Waals surface area contributed by atoms with Crippen molar-refractivity contribution in [2.75, 3.05) is 6.54 Å². The third-order valence-corrected chi connectivity index (χ3v) is 3.43. The normalized spacial score (nSPS) is 14.0. The third kappa shape index (κ3) is 4.04. The van der Waals surface area contributed by atoms with Crippen LogP contribution in [0.3, 0.4) is 0 Å². The Kier molecular flexibility index (Phi) is 5.48. The van der Waals surface area contributed by atoms with E-state index in [2.05, 4.69) is 10.4 Å². The van der Waals surface area contributed by atoms with E-state index in [-0.39, 0.29) is 12.6 Å². The highest BCUT2D eigenvalue weighted by Gasteiger charge is 2.31. The largest absolute Gasteiger partial charge is 0.479 e. The lowest BCUT2D eigenvalue weighted by Crippen LogP contribution is -2.46. The van der Waals surface area contributed by atoms with Crippen molar-refractivity contribution in [3.05, 3.63) is 17.5 Å². The number of carboxylic acids is 1. The molecule has 0 aromatic carbocycles. The van der Waals surface area contributed by atoms with Crippen LogP contribution in [0.4, 0.5) is 0 Å². The molecule has 1 heterocycles. The summed E-state index contributed by atoms with van der Waals surface area (Å²) < 4.78 is 1.67. The van der Waals surface area contributed by atoms with E-state index in [1.54, 1.807) is 17.7 Å². The topological polar surface area (TPSA) is 104 Å². The van der Waals surface area contributed by atoms with Crippen LogP contribution < -0.4 is 5.32 Å². The van der Waals surface area contributed by atoms with Crippen LogP contribution in [-0.2, 0) is 4.79 Å². The van der Waals surface area contributed by atoms with Gasteiger partial charge in [0.1, 0.15) is 5.69 Å². The molecule has 1 aromatic heterocycles. The number of aryl methyl sites for hydroxylation is 1. The van der Waals surface area contributed by atoms with Gasteiger partial charge in [0.05, 0.1) is 18.3 Å². The predicted molar refractivity (Wildman–Crippen MR) is 77.2 cm³/mol. The van der Waals surface area contributed by atoms with E-state index in [1.807, 2.05) is 13.8 Å². The van der Waals surface area contributed by atoms with Crippen LogP contribution in [0.25, 0.3) is 0 Å². The maximum atomic E-state index is 12.2. The maximum Gasteiger partial charge on any atom is 0.337 e. The van der Waals surface area contributed by atoms with Gasteiger partial charge in [0.25, 0.3) is 5.91 Å². The monoisotopic (exact) mass is 297 g/mol. The van der Waals surface area contributed by atoms with E-state index in [0.717, 1.165) is 25.5 Å². The van der Waals surface area contributed by atoms with Crippen LogP contribution in [0.2, 0.25) is 0 Å². The van der Waals surface area contributed by atoms with Crippen molar-refractivity contribution in [3.63, 3.8) is 0 Å². The van der Waals surface area contributed by atoms with E-state index in [0.29, 0.717) is 5.69 Å². The van der Waals surface area contributed by atoms with Crippen LogP contribution in [-0.4, -0.2) is 44.0 Å². The van der Waals surface area contributed by atoms with Gasteiger partial charge in [0, 0.05) is 0 Å². The molecule has 3 N–H and O–H groups in total. The van der Waals surface area contributed by atoms with Gasteiger partial charge in [-0.1, -0.05) is 13.8 Å².